The predicted molar refractivity (Wildman–Crippen MR) is 193 cm³/mol. The molecule has 0 spiro atoms. The number of thioether (sulfide) groups is 1. The van der Waals surface area contributed by atoms with Crippen LogP contribution in [-0.2, 0) is 16.0 Å². The Kier molecular flexibility index (Phi) is 13.6. The molecule has 2 aliphatic carbocycles. The number of hydrogen-bond acceptors (Lipinski definition) is 9. The minimum Gasteiger partial charge on any atom is -0.490 e. The number of unbranched alkanes of at least 4 members (excludes halogenated alkanes) is 2. The third-order valence-electron chi connectivity index (χ3n) is 9.75. The molecule has 0 bridgehead atoms. The van der Waals surface area contributed by atoms with Gasteiger partial charge in [0.25, 0.3) is 0 Å². The second-order valence-corrected chi connectivity index (χ2v) is 14.0. The topological polar surface area (TPSA) is 103 Å². The van der Waals surface area contributed by atoms with E-state index in [1.165, 1.54) is 5.56 Å². The number of aliphatic hydroxyl groups is 2. The largest absolute Gasteiger partial charge is 0.490 e. The maximum Gasteiger partial charge on any atom is 0.230 e. The quantitative estimate of drug-likeness (QED) is 0.0858. The lowest BCUT2D eigenvalue weighted by atomic mass is 9.56. The molecule has 1 aliphatic heterocycles. The molecule has 6 atom stereocenters. The first kappa shape index (κ1) is 36.2. The Balaban J connectivity index is 1.66. The average molecular weight is 677 g/mol. The van der Waals surface area contributed by atoms with Gasteiger partial charge in [0, 0.05) is 43.5 Å². The zero-order chi connectivity index (χ0) is 33.8. The van der Waals surface area contributed by atoms with Crippen LogP contribution in [0.15, 0.2) is 84.8 Å². The summed E-state index contributed by atoms with van der Waals surface area (Å²) in [5.41, 5.74) is 4.45. The molecule has 1 fully saturated rings. The fraction of sp³-hybridized carbons (Fsp3) is 0.538. The first-order valence-electron chi connectivity index (χ1n) is 17.5. The van der Waals surface area contributed by atoms with Crippen molar-refractivity contribution in [3.05, 3.63) is 90.8 Å². The van der Waals surface area contributed by atoms with E-state index >= 15 is 0 Å². The van der Waals surface area contributed by atoms with Crippen LogP contribution >= 0.6 is 11.8 Å². The van der Waals surface area contributed by atoms with Crippen molar-refractivity contribution in [1.82, 2.24) is 4.98 Å². The van der Waals surface area contributed by atoms with Crippen molar-refractivity contribution < 1.29 is 29.3 Å². The Hall–Kier alpha value is -3.11. The van der Waals surface area contributed by atoms with Gasteiger partial charge in [-0.15, -0.1) is 6.58 Å². The second kappa shape index (κ2) is 18.0. The second-order valence-electron chi connectivity index (χ2n) is 12.7. The molecule has 6 unspecified atom stereocenters. The number of oxime groups is 1. The van der Waals surface area contributed by atoms with E-state index < -0.39 is 5.79 Å². The van der Waals surface area contributed by atoms with Crippen molar-refractivity contribution in [2.24, 2.45) is 22.9 Å². The standard InChI is InChI=1S/C39H52N2O6S/c1-4-22-44-30-13-14-35-33(26-30)37-31(12-8-10-21-43)29(11-7-9-20-42)25-32-34(41-46-6-3)27-36(39(47-35,38(32)37)45-23-5-2)48-24-17-28-15-18-40-19-16-28/h4-5,13-16,18-19,25-26,29,31,36-38,42-43H,1-2,6-12,17,20-24,27H2,3H3. The smallest absolute Gasteiger partial charge is 0.230 e. The summed E-state index contributed by atoms with van der Waals surface area (Å²) >= 11 is 1.87. The summed E-state index contributed by atoms with van der Waals surface area (Å²) in [5.74, 6) is 1.89. The van der Waals surface area contributed by atoms with E-state index in [4.69, 9.17) is 24.2 Å². The van der Waals surface area contributed by atoms with E-state index in [1.54, 1.807) is 12.2 Å². The van der Waals surface area contributed by atoms with Crippen LogP contribution in [0.3, 0.4) is 0 Å². The number of allylic oxidation sites excluding steroid dienone is 1. The van der Waals surface area contributed by atoms with E-state index in [-0.39, 0.29) is 42.1 Å². The molecule has 48 heavy (non-hydrogen) atoms. The van der Waals surface area contributed by atoms with Crippen LogP contribution in [0.2, 0.25) is 0 Å². The predicted octanol–water partition coefficient (Wildman–Crippen LogP) is 7.28. The van der Waals surface area contributed by atoms with Crippen molar-refractivity contribution >= 4 is 17.5 Å². The van der Waals surface area contributed by atoms with Gasteiger partial charge in [0.1, 0.15) is 24.7 Å². The van der Waals surface area contributed by atoms with Gasteiger partial charge in [0.15, 0.2) is 0 Å². The minimum absolute atomic E-state index is 0.0408. The molecule has 9 heteroatoms. The summed E-state index contributed by atoms with van der Waals surface area (Å²) in [6.45, 7) is 11.4. The van der Waals surface area contributed by atoms with E-state index in [9.17, 15) is 10.2 Å². The number of aromatic nitrogens is 1. The number of benzene rings is 1. The Labute approximate surface area is 290 Å². The molecule has 2 N–H and O–H groups in total. The number of pyridine rings is 1. The molecule has 0 radical (unpaired) electrons. The molecule has 5 rings (SSSR count). The number of nitrogens with zero attached hydrogens (tertiary/aromatic N) is 2. The molecule has 1 saturated carbocycles. The van der Waals surface area contributed by atoms with Crippen molar-refractivity contribution in [3.63, 3.8) is 0 Å². The van der Waals surface area contributed by atoms with Crippen LogP contribution in [-0.4, -0.2) is 70.7 Å². The maximum atomic E-state index is 9.78. The van der Waals surface area contributed by atoms with Crippen LogP contribution in [0.5, 0.6) is 11.5 Å². The first-order chi connectivity index (χ1) is 23.6. The van der Waals surface area contributed by atoms with Crippen molar-refractivity contribution in [1.29, 1.82) is 0 Å². The molecule has 0 saturated heterocycles. The number of fused-ring (bicyclic) bond motifs is 2. The lowest BCUT2D eigenvalue weighted by molar-refractivity contribution is -0.223. The summed E-state index contributed by atoms with van der Waals surface area (Å²) in [6, 6.07) is 10.3. The zero-order valence-corrected chi connectivity index (χ0v) is 29.1. The van der Waals surface area contributed by atoms with Gasteiger partial charge in [-0.2, -0.15) is 11.8 Å². The fourth-order valence-corrected chi connectivity index (χ4v) is 9.14. The fourth-order valence-electron chi connectivity index (χ4n) is 7.73. The van der Waals surface area contributed by atoms with Gasteiger partial charge >= 0.3 is 0 Å². The van der Waals surface area contributed by atoms with Gasteiger partial charge in [-0.1, -0.05) is 42.8 Å². The Morgan fingerprint density at radius 3 is 2.54 bits per heavy atom. The first-order valence-corrected chi connectivity index (χ1v) is 18.6. The van der Waals surface area contributed by atoms with Crippen molar-refractivity contribution in [3.8, 4) is 11.5 Å². The van der Waals surface area contributed by atoms with Gasteiger partial charge < -0.3 is 29.3 Å². The van der Waals surface area contributed by atoms with E-state index in [0.29, 0.717) is 26.2 Å². The third kappa shape index (κ3) is 8.19. The van der Waals surface area contributed by atoms with Gasteiger partial charge in [-0.3, -0.25) is 4.98 Å². The number of aryl methyl sites for hydroxylation is 1. The highest BCUT2D eigenvalue weighted by Crippen LogP contribution is 2.62. The third-order valence-corrected chi connectivity index (χ3v) is 11.1. The lowest BCUT2D eigenvalue weighted by Gasteiger charge is -2.58. The molecule has 260 valence electrons. The van der Waals surface area contributed by atoms with Crippen LogP contribution in [0.4, 0.5) is 0 Å². The number of aliphatic hydroxyl groups excluding tert-OH is 2. The minimum atomic E-state index is -0.972. The average Bonchev–Trinajstić information content (AvgIpc) is 3.11. The van der Waals surface area contributed by atoms with Gasteiger partial charge in [-0.05, 0) is 98.1 Å². The molecule has 2 aromatic rings. The summed E-state index contributed by atoms with van der Waals surface area (Å²) in [6.07, 6.45) is 16.5. The van der Waals surface area contributed by atoms with Crippen molar-refractivity contribution in [2.75, 3.05) is 38.8 Å². The lowest BCUT2D eigenvalue weighted by Crippen LogP contribution is -2.64. The maximum absolute atomic E-state index is 9.78. The van der Waals surface area contributed by atoms with Crippen LogP contribution in [0.1, 0.15) is 68.9 Å². The zero-order valence-electron chi connectivity index (χ0n) is 28.3. The van der Waals surface area contributed by atoms with Crippen molar-refractivity contribution in [2.45, 2.75) is 75.2 Å². The van der Waals surface area contributed by atoms with E-state index in [0.717, 1.165) is 79.0 Å². The van der Waals surface area contributed by atoms with Crippen LogP contribution in [0.25, 0.3) is 0 Å². The molecule has 2 heterocycles. The number of hydrogen-bond donors (Lipinski definition) is 2. The van der Waals surface area contributed by atoms with Crippen LogP contribution in [0, 0.1) is 17.8 Å². The Bertz CT molecular complexity index is 1400. The van der Waals surface area contributed by atoms with Gasteiger partial charge in [-0.25, -0.2) is 0 Å². The highest BCUT2D eigenvalue weighted by atomic mass is 32.2. The monoisotopic (exact) mass is 676 g/mol. The van der Waals surface area contributed by atoms with E-state index in [1.807, 2.05) is 43.2 Å². The van der Waals surface area contributed by atoms with Gasteiger partial charge in [0.05, 0.1) is 23.5 Å². The Morgan fingerprint density at radius 1 is 1.04 bits per heavy atom. The molecule has 0 amide bonds. The molecular formula is C39H52N2O6S. The van der Waals surface area contributed by atoms with Gasteiger partial charge in [0.2, 0.25) is 5.79 Å². The SMILES string of the molecule is C=CCOc1ccc2c(c1)C1C(CCCCO)C(CCCCO)C=C3C(=NOCC)CC(SCCc4ccncc4)C(OCC=C)(O2)C31. The number of rotatable bonds is 20. The highest BCUT2D eigenvalue weighted by Gasteiger charge is 2.63. The summed E-state index contributed by atoms with van der Waals surface area (Å²) < 4.78 is 20.2. The van der Waals surface area contributed by atoms with Crippen LogP contribution < -0.4 is 9.47 Å². The molecule has 8 nitrogen and oxygen atoms in total. The van der Waals surface area contributed by atoms with E-state index in [2.05, 4.69) is 42.4 Å². The highest BCUT2D eigenvalue weighted by molar-refractivity contribution is 8.00. The molecule has 3 aliphatic rings. The Morgan fingerprint density at radius 2 is 1.81 bits per heavy atom. The summed E-state index contributed by atoms with van der Waals surface area (Å²) in [5, 5.41) is 24.2. The molecular weight excluding hydrogens is 625 g/mol. The normalized spacial score (nSPS) is 26.5. The number of ether oxygens (including phenoxy) is 3. The molecule has 1 aromatic carbocycles. The summed E-state index contributed by atoms with van der Waals surface area (Å²) in [7, 11) is 0. The molecule has 1 aromatic heterocycles. The summed E-state index contributed by atoms with van der Waals surface area (Å²) in [4.78, 5) is 9.98.